The Morgan fingerprint density at radius 3 is 1.89 bits per heavy atom. The predicted molar refractivity (Wildman–Crippen MR) is 76.6 cm³/mol. The molecule has 3 heteroatoms. The van der Waals surface area contributed by atoms with E-state index in [1.165, 1.54) is 0 Å². The zero-order valence-corrected chi connectivity index (χ0v) is 13.1. The van der Waals surface area contributed by atoms with Crippen molar-refractivity contribution in [1.29, 1.82) is 0 Å². The van der Waals surface area contributed by atoms with Gasteiger partial charge in [0, 0.05) is 23.2 Å². The van der Waals surface area contributed by atoms with Crippen molar-refractivity contribution in [2.45, 2.75) is 66.0 Å². The minimum Gasteiger partial charge on any atom is -0.462 e. The van der Waals surface area contributed by atoms with E-state index in [4.69, 9.17) is 4.74 Å². The molecule has 0 fully saturated rings. The third-order valence-electron chi connectivity index (χ3n) is 2.73. The molecule has 0 spiro atoms. The van der Waals surface area contributed by atoms with Crippen LogP contribution in [0, 0.1) is 0 Å². The van der Waals surface area contributed by atoms with Crippen LogP contribution in [-0.4, -0.2) is 35.1 Å². The van der Waals surface area contributed by atoms with Gasteiger partial charge in [-0.05, 0) is 54.9 Å². The van der Waals surface area contributed by atoms with Gasteiger partial charge in [0.05, 0.1) is 6.61 Å². The molecule has 0 aliphatic heterocycles. The zero-order chi connectivity index (χ0) is 14.6. The lowest BCUT2D eigenvalue weighted by atomic mass is 9.96. The summed E-state index contributed by atoms with van der Waals surface area (Å²) in [7, 11) is 0. The first-order chi connectivity index (χ1) is 7.96. The normalized spacial score (nSPS) is 12.7. The second-order valence-corrected chi connectivity index (χ2v) is 6.76. The Hall–Kier alpha value is -0.830. The number of carbonyl (C=O) groups excluding carboxylic acids is 1. The molecule has 0 rings (SSSR count). The molecule has 0 radical (unpaired) electrons. The first-order valence-electron chi connectivity index (χ1n) is 6.56. The fourth-order valence-corrected chi connectivity index (χ4v) is 2.19. The molecule has 0 aromatic carbocycles. The van der Waals surface area contributed by atoms with Crippen molar-refractivity contribution in [1.82, 2.24) is 4.90 Å². The minimum atomic E-state index is -0.298. The fourth-order valence-electron chi connectivity index (χ4n) is 2.19. The Balaban J connectivity index is 4.24. The van der Waals surface area contributed by atoms with Gasteiger partial charge < -0.3 is 4.74 Å². The Morgan fingerprint density at radius 2 is 1.56 bits per heavy atom. The van der Waals surface area contributed by atoms with Crippen LogP contribution in [0.2, 0.25) is 0 Å². The molecule has 0 aliphatic rings. The maximum atomic E-state index is 11.2. The highest BCUT2D eigenvalue weighted by molar-refractivity contribution is 5.86. The van der Waals surface area contributed by atoms with Crippen molar-refractivity contribution in [3.05, 3.63) is 12.2 Å². The van der Waals surface area contributed by atoms with Gasteiger partial charge in [0.25, 0.3) is 0 Å². The number of rotatable bonds is 5. The largest absolute Gasteiger partial charge is 0.462 e. The van der Waals surface area contributed by atoms with E-state index >= 15 is 0 Å². The summed E-state index contributed by atoms with van der Waals surface area (Å²) in [6.07, 6.45) is 0.841. The molecule has 3 nitrogen and oxygen atoms in total. The first-order valence-corrected chi connectivity index (χ1v) is 6.56. The van der Waals surface area contributed by atoms with Gasteiger partial charge in [-0.25, -0.2) is 4.79 Å². The maximum absolute atomic E-state index is 11.2. The molecule has 0 heterocycles. The van der Waals surface area contributed by atoms with Gasteiger partial charge >= 0.3 is 5.97 Å². The van der Waals surface area contributed by atoms with Crippen LogP contribution in [0.15, 0.2) is 12.2 Å². The van der Waals surface area contributed by atoms with Crippen molar-refractivity contribution in [2.24, 2.45) is 0 Å². The van der Waals surface area contributed by atoms with E-state index in [-0.39, 0.29) is 17.0 Å². The Morgan fingerprint density at radius 1 is 1.11 bits per heavy atom. The molecular weight excluding hydrogens is 226 g/mol. The fraction of sp³-hybridized carbons (Fsp3) is 0.800. The number of ether oxygens (including phenoxy) is 1. The van der Waals surface area contributed by atoms with Crippen LogP contribution in [0.25, 0.3) is 0 Å². The van der Waals surface area contributed by atoms with E-state index in [0.29, 0.717) is 12.2 Å². The highest BCUT2D eigenvalue weighted by Crippen LogP contribution is 2.24. The molecule has 0 unspecified atom stereocenters. The summed E-state index contributed by atoms with van der Waals surface area (Å²) in [5.41, 5.74) is 0.672. The lowest BCUT2D eigenvalue weighted by molar-refractivity contribution is -0.139. The highest BCUT2D eigenvalue weighted by Gasteiger charge is 2.30. The van der Waals surface area contributed by atoms with Gasteiger partial charge in [0.1, 0.15) is 0 Å². The van der Waals surface area contributed by atoms with Crippen molar-refractivity contribution < 1.29 is 9.53 Å². The average Bonchev–Trinajstić information content (AvgIpc) is 2.12. The number of hydrogen-bond acceptors (Lipinski definition) is 3. The maximum Gasteiger partial charge on any atom is 0.333 e. The summed E-state index contributed by atoms with van der Waals surface area (Å²) in [4.78, 5) is 13.7. The van der Waals surface area contributed by atoms with Gasteiger partial charge in [0.15, 0.2) is 0 Å². The molecule has 0 saturated heterocycles. The summed E-state index contributed by atoms with van der Waals surface area (Å²) < 4.78 is 5.11. The summed E-state index contributed by atoms with van der Waals surface area (Å²) >= 11 is 0. The monoisotopic (exact) mass is 255 g/mol. The summed E-state index contributed by atoms with van der Waals surface area (Å²) in [6, 6.07) is 0. The number of hydrogen-bond donors (Lipinski definition) is 0. The van der Waals surface area contributed by atoms with E-state index in [1.54, 1.807) is 6.92 Å². The molecule has 0 N–H and O–H groups in total. The van der Waals surface area contributed by atoms with Crippen molar-refractivity contribution in [2.75, 3.05) is 13.2 Å². The third-order valence-corrected chi connectivity index (χ3v) is 2.73. The van der Waals surface area contributed by atoms with Crippen LogP contribution in [0.3, 0.4) is 0 Å². The van der Waals surface area contributed by atoms with Crippen LogP contribution in [0.4, 0.5) is 0 Å². The molecule has 106 valence electrons. The van der Waals surface area contributed by atoms with Crippen LogP contribution >= 0.6 is 0 Å². The number of esters is 1. The molecule has 0 aromatic rings. The molecule has 0 aromatic heterocycles. The van der Waals surface area contributed by atoms with E-state index < -0.39 is 0 Å². The van der Waals surface area contributed by atoms with E-state index in [9.17, 15) is 4.79 Å². The molecular formula is C15H29NO2. The quantitative estimate of drug-likeness (QED) is 0.428. The van der Waals surface area contributed by atoms with E-state index in [0.717, 1.165) is 13.0 Å². The molecule has 0 saturated carbocycles. The second kappa shape index (κ2) is 6.37. The van der Waals surface area contributed by atoms with Gasteiger partial charge in [-0.1, -0.05) is 6.58 Å². The third kappa shape index (κ3) is 6.20. The van der Waals surface area contributed by atoms with Crippen LogP contribution in [0.1, 0.15) is 54.9 Å². The molecule has 0 aliphatic carbocycles. The van der Waals surface area contributed by atoms with E-state index in [2.05, 4.69) is 53.0 Å². The summed E-state index contributed by atoms with van der Waals surface area (Å²) in [5.74, 6) is -0.298. The Kier molecular flexibility index (Phi) is 6.08. The van der Waals surface area contributed by atoms with Crippen molar-refractivity contribution in [3.8, 4) is 0 Å². The first kappa shape index (κ1) is 17.2. The topological polar surface area (TPSA) is 29.5 Å². The number of nitrogens with zero attached hydrogens (tertiary/aromatic N) is 1. The predicted octanol–water partition coefficient (Wildman–Crippen LogP) is 3.39. The van der Waals surface area contributed by atoms with Gasteiger partial charge in [-0.3, -0.25) is 4.90 Å². The van der Waals surface area contributed by atoms with Gasteiger partial charge in [-0.2, -0.15) is 0 Å². The molecule has 18 heavy (non-hydrogen) atoms. The van der Waals surface area contributed by atoms with Gasteiger partial charge in [0.2, 0.25) is 0 Å². The van der Waals surface area contributed by atoms with Crippen LogP contribution in [-0.2, 0) is 9.53 Å². The average molecular weight is 255 g/mol. The number of carbonyl (C=O) groups is 1. The molecule has 0 atom stereocenters. The van der Waals surface area contributed by atoms with Crippen LogP contribution in [0.5, 0.6) is 0 Å². The Bertz CT molecular complexity index is 281. The highest BCUT2D eigenvalue weighted by atomic mass is 16.5. The second-order valence-electron chi connectivity index (χ2n) is 6.76. The Labute approximate surface area is 112 Å². The summed E-state index contributed by atoms with van der Waals surface area (Å²) in [6.45, 7) is 19.8. The molecule has 0 bridgehead atoms. The standard InChI is InChI=1S/C15H29NO2/c1-12(2)13(17)18-11-9-10-16(14(3,4)5)15(6,7)8/h1,9-11H2,2-8H3. The van der Waals surface area contributed by atoms with Gasteiger partial charge in [-0.15, -0.1) is 0 Å². The van der Waals surface area contributed by atoms with Crippen LogP contribution < -0.4 is 0 Å². The lowest BCUT2D eigenvalue weighted by Gasteiger charge is -2.45. The smallest absolute Gasteiger partial charge is 0.333 e. The van der Waals surface area contributed by atoms with E-state index in [1.807, 2.05) is 0 Å². The van der Waals surface area contributed by atoms with Crippen molar-refractivity contribution in [3.63, 3.8) is 0 Å². The van der Waals surface area contributed by atoms with Crippen molar-refractivity contribution >= 4 is 5.97 Å². The minimum absolute atomic E-state index is 0.108. The summed E-state index contributed by atoms with van der Waals surface area (Å²) in [5, 5.41) is 0. The zero-order valence-electron chi connectivity index (χ0n) is 13.1. The molecule has 0 amide bonds. The SMILES string of the molecule is C=C(C)C(=O)OCCCN(C(C)(C)C)C(C)(C)C. The lowest BCUT2D eigenvalue weighted by Crippen LogP contribution is -2.53.